The minimum atomic E-state index is -4.15. The number of rotatable bonds is 12. The van der Waals surface area contributed by atoms with Gasteiger partial charge in [0.25, 0.3) is 10.0 Å². The standard InChI is InChI=1S/C33H33Cl2N3O4S/c1-3-24-14-17-27(18-15-24)38(43(41,42)28-12-8-5-9-13-28)23-32(39)37(22-26-16-19-29(34)30(35)20-26)31(33(40)36-2)21-25-10-6-4-7-11-25/h4-20,31H,3,21-23H2,1-2H3,(H,36,40)/t31-/m1/s1. The van der Waals surface area contributed by atoms with Gasteiger partial charge in [-0.15, -0.1) is 0 Å². The second kappa shape index (κ2) is 14.6. The maximum absolute atomic E-state index is 14.3. The summed E-state index contributed by atoms with van der Waals surface area (Å²) in [5.41, 5.74) is 2.83. The Kier molecular flexibility index (Phi) is 10.9. The van der Waals surface area contributed by atoms with Gasteiger partial charge in [-0.25, -0.2) is 8.42 Å². The molecule has 0 aliphatic rings. The van der Waals surface area contributed by atoms with Gasteiger partial charge in [-0.1, -0.05) is 96.9 Å². The molecular formula is C33H33Cl2N3O4S. The highest BCUT2D eigenvalue weighted by Gasteiger charge is 2.34. The Balaban J connectivity index is 1.79. The van der Waals surface area contributed by atoms with Crippen LogP contribution in [0.5, 0.6) is 0 Å². The zero-order valence-corrected chi connectivity index (χ0v) is 26.2. The summed E-state index contributed by atoms with van der Waals surface area (Å²) in [6.07, 6.45) is 0.986. The number of halogens is 2. The van der Waals surface area contributed by atoms with E-state index in [1.165, 1.54) is 24.1 Å². The van der Waals surface area contributed by atoms with Crippen molar-refractivity contribution in [2.24, 2.45) is 0 Å². The van der Waals surface area contributed by atoms with Crippen LogP contribution in [-0.4, -0.2) is 44.8 Å². The van der Waals surface area contributed by atoms with E-state index in [0.29, 0.717) is 21.3 Å². The van der Waals surface area contributed by atoms with Gasteiger partial charge in [-0.3, -0.25) is 13.9 Å². The van der Waals surface area contributed by atoms with Crippen LogP contribution in [0.4, 0.5) is 5.69 Å². The maximum atomic E-state index is 14.3. The second-order valence-corrected chi connectivity index (χ2v) is 12.6. The lowest BCUT2D eigenvalue weighted by Gasteiger charge is -2.33. The van der Waals surface area contributed by atoms with E-state index in [-0.39, 0.29) is 23.8 Å². The Labute approximate surface area is 263 Å². The fraction of sp³-hybridized carbons (Fsp3) is 0.212. The molecule has 0 aliphatic carbocycles. The van der Waals surface area contributed by atoms with E-state index in [9.17, 15) is 18.0 Å². The van der Waals surface area contributed by atoms with Crippen molar-refractivity contribution in [2.75, 3.05) is 17.9 Å². The molecule has 2 amide bonds. The van der Waals surface area contributed by atoms with E-state index in [1.54, 1.807) is 48.5 Å². The predicted molar refractivity (Wildman–Crippen MR) is 172 cm³/mol. The van der Waals surface area contributed by atoms with Crippen molar-refractivity contribution in [1.82, 2.24) is 10.2 Å². The van der Waals surface area contributed by atoms with E-state index in [2.05, 4.69) is 5.32 Å². The van der Waals surface area contributed by atoms with Crippen molar-refractivity contribution >= 4 is 50.7 Å². The molecule has 224 valence electrons. The van der Waals surface area contributed by atoms with Crippen molar-refractivity contribution in [2.45, 2.75) is 37.2 Å². The van der Waals surface area contributed by atoms with Crippen LogP contribution < -0.4 is 9.62 Å². The van der Waals surface area contributed by atoms with Crippen molar-refractivity contribution in [3.63, 3.8) is 0 Å². The predicted octanol–water partition coefficient (Wildman–Crippen LogP) is 6.14. The number of sulfonamides is 1. The second-order valence-electron chi connectivity index (χ2n) is 9.93. The number of benzene rings is 4. The van der Waals surface area contributed by atoms with E-state index >= 15 is 0 Å². The van der Waals surface area contributed by atoms with Crippen molar-refractivity contribution in [1.29, 1.82) is 0 Å². The summed E-state index contributed by atoms with van der Waals surface area (Å²) in [6, 6.07) is 28.4. The fourth-order valence-electron chi connectivity index (χ4n) is 4.70. The lowest BCUT2D eigenvalue weighted by Crippen LogP contribution is -2.53. The third kappa shape index (κ3) is 7.96. The number of likely N-dealkylation sites (N-methyl/N-ethyl adjacent to an activating group) is 1. The van der Waals surface area contributed by atoms with Gasteiger partial charge in [0.15, 0.2) is 0 Å². The molecule has 0 aromatic heterocycles. The summed E-state index contributed by atoms with van der Waals surface area (Å²) in [6.45, 7) is 1.46. The van der Waals surface area contributed by atoms with Crippen molar-refractivity contribution in [3.8, 4) is 0 Å². The van der Waals surface area contributed by atoms with E-state index in [0.717, 1.165) is 21.9 Å². The SMILES string of the molecule is CCc1ccc(N(CC(=O)N(Cc2ccc(Cl)c(Cl)c2)[C@H](Cc2ccccc2)C(=O)NC)S(=O)(=O)c2ccccc2)cc1. The minimum absolute atomic E-state index is 0.00532. The third-order valence-corrected chi connectivity index (χ3v) is 9.62. The van der Waals surface area contributed by atoms with Crippen LogP contribution in [0.3, 0.4) is 0 Å². The number of amides is 2. The van der Waals surface area contributed by atoms with Gasteiger partial charge in [0.05, 0.1) is 20.6 Å². The zero-order chi connectivity index (χ0) is 31.0. The van der Waals surface area contributed by atoms with Crippen molar-refractivity contribution in [3.05, 3.63) is 130 Å². The number of hydrogen-bond acceptors (Lipinski definition) is 4. The Morgan fingerprint density at radius 1 is 0.791 bits per heavy atom. The average molecular weight is 639 g/mol. The lowest BCUT2D eigenvalue weighted by molar-refractivity contribution is -0.139. The molecule has 4 aromatic carbocycles. The molecule has 1 atom stereocenters. The molecule has 0 aliphatic heterocycles. The zero-order valence-electron chi connectivity index (χ0n) is 23.9. The molecule has 7 nitrogen and oxygen atoms in total. The molecule has 0 heterocycles. The first-order chi connectivity index (χ1) is 20.6. The molecule has 0 saturated carbocycles. The first kappa shape index (κ1) is 32.1. The smallest absolute Gasteiger partial charge is 0.264 e. The van der Waals surface area contributed by atoms with Gasteiger partial charge in [0.1, 0.15) is 12.6 Å². The summed E-state index contributed by atoms with van der Waals surface area (Å²) in [7, 11) is -2.65. The highest BCUT2D eigenvalue weighted by molar-refractivity contribution is 7.92. The monoisotopic (exact) mass is 637 g/mol. The van der Waals surface area contributed by atoms with Crippen LogP contribution in [0.15, 0.2) is 108 Å². The van der Waals surface area contributed by atoms with Crippen LogP contribution in [0.2, 0.25) is 10.0 Å². The molecule has 0 spiro atoms. The lowest BCUT2D eigenvalue weighted by atomic mass is 10.0. The molecule has 0 bridgehead atoms. The average Bonchev–Trinajstić information content (AvgIpc) is 3.03. The van der Waals surface area contributed by atoms with Crippen LogP contribution in [0, 0.1) is 0 Å². The summed E-state index contributed by atoms with van der Waals surface area (Å²) in [4.78, 5) is 29.1. The third-order valence-electron chi connectivity index (χ3n) is 7.10. The molecule has 0 saturated heterocycles. The summed E-state index contributed by atoms with van der Waals surface area (Å²) >= 11 is 12.4. The van der Waals surface area contributed by atoms with E-state index in [1.807, 2.05) is 49.4 Å². The molecule has 0 radical (unpaired) electrons. The van der Waals surface area contributed by atoms with Gasteiger partial charge < -0.3 is 10.2 Å². The summed E-state index contributed by atoms with van der Waals surface area (Å²) < 4.78 is 29.1. The topological polar surface area (TPSA) is 86.8 Å². The number of nitrogens with zero attached hydrogens (tertiary/aromatic N) is 2. The Morgan fingerprint density at radius 2 is 1.40 bits per heavy atom. The number of aryl methyl sites for hydroxylation is 1. The van der Waals surface area contributed by atoms with Gasteiger partial charge >= 0.3 is 0 Å². The van der Waals surface area contributed by atoms with Crippen LogP contribution in [0.25, 0.3) is 0 Å². The first-order valence-corrected chi connectivity index (χ1v) is 16.0. The number of nitrogens with one attached hydrogen (secondary N) is 1. The normalized spacial score (nSPS) is 11.9. The maximum Gasteiger partial charge on any atom is 0.264 e. The van der Waals surface area contributed by atoms with Gasteiger partial charge in [0, 0.05) is 20.0 Å². The Bertz CT molecular complexity index is 1650. The molecule has 1 N–H and O–H groups in total. The summed E-state index contributed by atoms with van der Waals surface area (Å²) in [5.74, 6) is -0.947. The van der Waals surface area contributed by atoms with Crippen LogP contribution in [-0.2, 0) is 39.0 Å². The van der Waals surface area contributed by atoms with Crippen molar-refractivity contribution < 1.29 is 18.0 Å². The highest BCUT2D eigenvalue weighted by Crippen LogP contribution is 2.27. The van der Waals surface area contributed by atoms with Crippen LogP contribution in [0.1, 0.15) is 23.6 Å². The quantitative estimate of drug-likeness (QED) is 0.202. The molecule has 43 heavy (non-hydrogen) atoms. The van der Waals surface area contributed by atoms with Gasteiger partial charge in [-0.05, 0) is 59.5 Å². The molecule has 0 unspecified atom stereocenters. The minimum Gasteiger partial charge on any atom is -0.357 e. The highest BCUT2D eigenvalue weighted by atomic mass is 35.5. The van der Waals surface area contributed by atoms with Gasteiger partial charge in [0.2, 0.25) is 11.8 Å². The molecule has 4 rings (SSSR count). The van der Waals surface area contributed by atoms with Crippen LogP contribution >= 0.6 is 23.2 Å². The molecule has 10 heteroatoms. The summed E-state index contributed by atoms with van der Waals surface area (Å²) in [5, 5.41) is 3.32. The first-order valence-electron chi connectivity index (χ1n) is 13.8. The van der Waals surface area contributed by atoms with Gasteiger partial charge in [-0.2, -0.15) is 0 Å². The Hall–Kier alpha value is -3.85. The largest absolute Gasteiger partial charge is 0.357 e. The Morgan fingerprint density at radius 3 is 1.98 bits per heavy atom. The fourth-order valence-corrected chi connectivity index (χ4v) is 6.46. The van der Waals surface area contributed by atoms with E-state index < -0.39 is 28.5 Å². The number of anilines is 1. The van der Waals surface area contributed by atoms with E-state index in [4.69, 9.17) is 23.2 Å². The molecular weight excluding hydrogens is 605 g/mol. The number of hydrogen-bond donors (Lipinski definition) is 1. The molecule has 0 fully saturated rings. The number of carbonyl (C=O) groups is 2. The number of carbonyl (C=O) groups excluding carboxylic acids is 2. The molecule has 4 aromatic rings.